The van der Waals surface area contributed by atoms with Crippen molar-refractivity contribution in [3.63, 3.8) is 0 Å². The van der Waals surface area contributed by atoms with Crippen LogP contribution in [-0.2, 0) is 13.6 Å². The van der Waals surface area contributed by atoms with Crippen LogP contribution < -0.4 is 4.80 Å². The van der Waals surface area contributed by atoms with Gasteiger partial charge in [0.05, 0.1) is 10.2 Å². The highest BCUT2D eigenvalue weighted by Crippen LogP contribution is 2.23. The minimum Gasteiger partial charge on any atom is -0.312 e. The third-order valence-corrected chi connectivity index (χ3v) is 4.96. The number of aromatic nitrogens is 3. The molecule has 0 atom stereocenters. The van der Waals surface area contributed by atoms with Crippen molar-refractivity contribution in [2.45, 2.75) is 26.3 Å². The molecule has 0 spiro atoms. The molecule has 3 rings (SSSR count). The van der Waals surface area contributed by atoms with Gasteiger partial charge in [0.2, 0.25) is 0 Å². The number of nitrogens with zero attached hydrogens (tertiary/aromatic N) is 4. The second-order valence-corrected chi connectivity index (χ2v) is 6.93. The Labute approximate surface area is 144 Å². The number of hydrogen-bond acceptors (Lipinski definition) is 3. The highest BCUT2D eigenvalue weighted by Gasteiger charge is 2.12. The summed E-state index contributed by atoms with van der Waals surface area (Å²) in [6.07, 6.45) is 3.41. The first kappa shape index (κ1) is 16.4. The van der Waals surface area contributed by atoms with Gasteiger partial charge >= 0.3 is 0 Å². The van der Waals surface area contributed by atoms with Gasteiger partial charge in [-0.05, 0) is 29.7 Å². The van der Waals surface area contributed by atoms with E-state index in [-0.39, 0.29) is 5.91 Å². The summed E-state index contributed by atoms with van der Waals surface area (Å²) in [5.74, 6) is 0.171. The van der Waals surface area contributed by atoms with E-state index in [0.717, 1.165) is 10.2 Å². The topological polar surface area (TPSA) is 52.2 Å². The summed E-state index contributed by atoms with van der Waals surface area (Å²) in [6, 6.07) is 8.08. The Morgan fingerprint density at radius 3 is 2.83 bits per heavy atom. The molecule has 124 valence electrons. The molecular formula is C18H20N4OS. The van der Waals surface area contributed by atoms with Crippen molar-refractivity contribution in [1.29, 1.82) is 0 Å². The zero-order valence-electron chi connectivity index (χ0n) is 14.1. The van der Waals surface area contributed by atoms with Gasteiger partial charge in [-0.1, -0.05) is 37.3 Å². The van der Waals surface area contributed by atoms with Gasteiger partial charge < -0.3 is 4.57 Å². The summed E-state index contributed by atoms with van der Waals surface area (Å²) < 4.78 is 4.68. The lowest BCUT2D eigenvalue weighted by molar-refractivity contribution is 0.0989. The molecule has 6 heteroatoms. The van der Waals surface area contributed by atoms with Crippen molar-refractivity contribution >= 4 is 27.5 Å². The molecule has 24 heavy (non-hydrogen) atoms. The summed E-state index contributed by atoms with van der Waals surface area (Å²) in [4.78, 5) is 17.4. The molecular weight excluding hydrogens is 320 g/mol. The van der Waals surface area contributed by atoms with Gasteiger partial charge in [0, 0.05) is 19.8 Å². The SMILES string of the molecule is C=CCn1c(=NC(=O)c2ccnn2C)sc2cc(C(C)C)ccc21. The highest BCUT2D eigenvalue weighted by molar-refractivity contribution is 7.16. The molecule has 0 saturated heterocycles. The van der Waals surface area contributed by atoms with Crippen LogP contribution in [0.2, 0.25) is 0 Å². The standard InChI is InChI=1S/C18H20N4OS/c1-5-10-22-14-7-6-13(12(2)3)11-16(14)24-18(22)20-17(23)15-8-9-19-21(15)4/h5-9,11-12H,1,10H2,2-4H3. The number of rotatable bonds is 4. The number of carbonyl (C=O) groups excluding carboxylic acids is 1. The zero-order valence-corrected chi connectivity index (χ0v) is 14.9. The minimum atomic E-state index is -0.288. The van der Waals surface area contributed by atoms with Crippen LogP contribution in [0.1, 0.15) is 35.8 Å². The Bertz CT molecular complexity index is 974. The smallest absolute Gasteiger partial charge is 0.297 e. The predicted molar refractivity (Wildman–Crippen MR) is 97.2 cm³/mol. The molecule has 1 amide bonds. The fraction of sp³-hybridized carbons (Fsp3) is 0.278. The molecule has 5 nitrogen and oxygen atoms in total. The van der Waals surface area contributed by atoms with Gasteiger partial charge in [0.1, 0.15) is 5.69 Å². The minimum absolute atomic E-state index is 0.288. The van der Waals surface area contributed by atoms with Crippen LogP contribution in [0.5, 0.6) is 0 Å². The molecule has 1 aromatic carbocycles. The van der Waals surface area contributed by atoms with E-state index in [1.54, 1.807) is 19.3 Å². The first-order chi connectivity index (χ1) is 11.5. The maximum atomic E-state index is 12.4. The van der Waals surface area contributed by atoms with E-state index in [0.29, 0.717) is 23.0 Å². The summed E-state index contributed by atoms with van der Waals surface area (Å²) in [7, 11) is 1.74. The fourth-order valence-corrected chi connectivity index (χ4v) is 3.65. The van der Waals surface area contributed by atoms with Crippen molar-refractivity contribution in [3.05, 3.63) is 59.2 Å². The zero-order chi connectivity index (χ0) is 17.3. The maximum Gasteiger partial charge on any atom is 0.297 e. The van der Waals surface area contributed by atoms with Crippen molar-refractivity contribution < 1.29 is 4.79 Å². The number of aryl methyl sites for hydroxylation is 1. The lowest BCUT2D eigenvalue weighted by Crippen LogP contribution is -2.17. The maximum absolute atomic E-state index is 12.4. The predicted octanol–water partition coefficient (Wildman–Crippen LogP) is 3.49. The number of carbonyl (C=O) groups is 1. The summed E-state index contributed by atoms with van der Waals surface area (Å²) in [5, 5.41) is 4.03. The Morgan fingerprint density at radius 2 is 2.21 bits per heavy atom. The normalized spacial score (nSPS) is 12.2. The van der Waals surface area contributed by atoms with E-state index in [9.17, 15) is 4.79 Å². The number of thiazole rings is 1. The lowest BCUT2D eigenvalue weighted by Gasteiger charge is -2.05. The van der Waals surface area contributed by atoms with Crippen LogP contribution in [0.4, 0.5) is 0 Å². The van der Waals surface area contributed by atoms with Crippen LogP contribution in [0, 0.1) is 0 Å². The van der Waals surface area contributed by atoms with Crippen LogP contribution in [0.3, 0.4) is 0 Å². The molecule has 0 unspecified atom stereocenters. The first-order valence-electron chi connectivity index (χ1n) is 7.82. The van der Waals surface area contributed by atoms with Gasteiger partial charge in [-0.3, -0.25) is 9.48 Å². The van der Waals surface area contributed by atoms with Crippen LogP contribution in [-0.4, -0.2) is 20.3 Å². The number of amides is 1. The molecule has 2 heterocycles. The molecule has 0 radical (unpaired) electrons. The highest BCUT2D eigenvalue weighted by atomic mass is 32.1. The van der Waals surface area contributed by atoms with E-state index in [2.05, 4.69) is 48.7 Å². The average molecular weight is 340 g/mol. The number of benzene rings is 1. The first-order valence-corrected chi connectivity index (χ1v) is 8.64. The van der Waals surface area contributed by atoms with Gasteiger partial charge in [-0.25, -0.2) is 0 Å². The van der Waals surface area contributed by atoms with E-state index in [1.165, 1.54) is 21.6 Å². The average Bonchev–Trinajstić information content (AvgIpc) is 3.11. The molecule has 0 aliphatic carbocycles. The molecule has 0 aliphatic heterocycles. The molecule has 0 N–H and O–H groups in total. The second kappa shape index (κ2) is 6.57. The van der Waals surface area contributed by atoms with Crippen LogP contribution >= 0.6 is 11.3 Å². The third-order valence-electron chi connectivity index (χ3n) is 3.92. The van der Waals surface area contributed by atoms with Crippen LogP contribution in [0.15, 0.2) is 48.1 Å². The van der Waals surface area contributed by atoms with E-state index < -0.39 is 0 Å². The third kappa shape index (κ3) is 2.97. The summed E-state index contributed by atoms with van der Waals surface area (Å²) in [5.41, 5.74) is 2.82. The summed E-state index contributed by atoms with van der Waals surface area (Å²) in [6.45, 7) is 8.77. The van der Waals surface area contributed by atoms with Crippen molar-refractivity contribution in [3.8, 4) is 0 Å². The number of fused-ring (bicyclic) bond motifs is 1. The van der Waals surface area contributed by atoms with E-state index in [4.69, 9.17) is 0 Å². The van der Waals surface area contributed by atoms with Gasteiger partial charge in [0.25, 0.3) is 5.91 Å². The van der Waals surface area contributed by atoms with E-state index in [1.807, 2.05) is 10.6 Å². The van der Waals surface area contributed by atoms with E-state index >= 15 is 0 Å². The molecule has 0 saturated carbocycles. The molecule has 0 fully saturated rings. The Morgan fingerprint density at radius 1 is 1.42 bits per heavy atom. The molecule has 0 aliphatic rings. The summed E-state index contributed by atoms with van der Waals surface area (Å²) >= 11 is 1.52. The largest absolute Gasteiger partial charge is 0.312 e. The molecule has 3 aromatic rings. The monoisotopic (exact) mass is 340 g/mol. The van der Waals surface area contributed by atoms with Crippen molar-refractivity contribution in [1.82, 2.24) is 14.3 Å². The fourth-order valence-electron chi connectivity index (χ4n) is 2.57. The van der Waals surface area contributed by atoms with Crippen molar-refractivity contribution in [2.24, 2.45) is 12.0 Å². The van der Waals surface area contributed by atoms with Gasteiger partial charge in [-0.15, -0.1) is 6.58 Å². The van der Waals surface area contributed by atoms with Gasteiger partial charge in [0.15, 0.2) is 4.80 Å². The lowest BCUT2D eigenvalue weighted by atomic mass is 10.0. The van der Waals surface area contributed by atoms with Gasteiger partial charge in [-0.2, -0.15) is 10.1 Å². The van der Waals surface area contributed by atoms with Crippen molar-refractivity contribution in [2.75, 3.05) is 0 Å². The Kier molecular flexibility index (Phi) is 4.49. The number of allylic oxidation sites excluding steroid dienone is 1. The Balaban J connectivity index is 2.17. The number of hydrogen-bond donors (Lipinski definition) is 0. The molecule has 0 bridgehead atoms. The Hall–Kier alpha value is -2.47. The quantitative estimate of drug-likeness (QED) is 0.683. The van der Waals surface area contributed by atoms with Crippen LogP contribution in [0.25, 0.3) is 10.2 Å². The molecule has 2 aromatic heterocycles. The second-order valence-electron chi connectivity index (χ2n) is 5.92.